The number of aromatic nitrogens is 2. The summed E-state index contributed by atoms with van der Waals surface area (Å²) in [5.41, 5.74) is 1.24. The summed E-state index contributed by atoms with van der Waals surface area (Å²) in [6.45, 7) is 1.36. The molecule has 138 valence electrons. The predicted molar refractivity (Wildman–Crippen MR) is 98.8 cm³/mol. The molecule has 2 aliphatic heterocycles. The SMILES string of the molecule is O=C(NCCc1nccn1Cc1ccccc1)N1[C@H]2CC[C@H]1CC(O)C2. The smallest absolute Gasteiger partial charge is 0.317 e. The second kappa shape index (κ2) is 7.50. The maximum absolute atomic E-state index is 12.6. The third kappa shape index (κ3) is 3.60. The molecule has 2 N–H and O–H groups in total. The molecule has 1 aromatic carbocycles. The third-order valence-corrected chi connectivity index (χ3v) is 5.56. The number of benzene rings is 1. The molecule has 2 amide bonds. The summed E-state index contributed by atoms with van der Waals surface area (Å²) in [6.07, 6.45) is 7.70. The minimum Gasteiger partial charge on any atom is -0.393 e. The quantitative estimate of drug-likeness (QED) is 0.864. The highest BCUT2D eigenvalue weighted by molar-refractivity contribution is 5.75. The molecule has 6 heteroatoms. The zero-order chi connectivity index (χ0) is 17.9. The number of fused-ring (bicyclic) bond motifs is 2. The summed E-state index contributed by atoms with van der Waals surface area (Å²) in [4.78, 5) is 19.0. The van der Waals surface area contributed by atoms with Crippen molar-refractivity contribution < 1.29 is 9.90 Å². The van der Waals surface area contributed by atoms with Gasteiger partial charge in [-0.25, -0.2) is 9.78 Å². The number of hydrogen-bond acceptors (Lipinski definition) is 3. The van der Waals surface area contributed by atoms with Crippen LogP contribution in [0.4, 0.5) is 4.79 Å². The van der Waals surface area contributed by atoms with Crippen LogP contribution in [-0.4, -0.2) is 50.3 Å². The number of carbonyl (C=O) groups excluding carboxylic acids is 1. The van der Waals surface area contributed by atoms with Crippen molar-refractivity contribution >= 4 is 6.03 Å². The van der Waals surface area contributed by atoms with Crippen molar-refractivity contribution in [1.29, 1.82) is 0 Å². The molecule has 26 heavy (non-hydrogen) atoms. The lowest BCUT2D eigenvalue weighted by atomic mass is 10.0. The minimum atomic E-state index is -0.248. The van der Waals surface area contributed by atoms with Crippen molar-refractivity contribution in [3.8, 4) is 0 Å². The fourth-order valence-corrected chi connectivity index (χ4v) is 4.34. The molecular formula is C20H26N4O2. The van der Waals surface area contributed by atoms with Gasteiger partial charge in [-0.05, 0) is 31.2 Å². The molecule has 2 fully saturated rings. The van der Waals surface area contributed by atoms with E-state index in [4.69, 9.17) is 0 Å². The summed E-state index contributed by atoms with van der Waals surface area (Å²) in [7, 11) is 0. The van der Waals surface area contributed by atoms with E-state index in [0.29, 0.717) is 25.8 Å². The number of nitrogens with zero attached hydrogens (tertiary/aromatic N) is 3. The Hall–Kier alpha value is -2.34. The molecule has 2 saturated heterocycles. The number of nitrogens with one attached hydrogen (secondary N) is 1. The van der Waals surface area contributed by atoms with E-state index < -0.39 is 0 Å². The van der Waals surface area contributed by atoms with E-state index in [1.54, 1.807) is 0 Å². The molecule has 6 nitrogen and oxygen atoms in total. The van der Waals surface area contributed by atoms with Crippen molar-refractivity contribution in [3.63, 3.8) is 0 Å². The molecule has 2 aliphatic rings. The number of carbonyl (C=O) groups is 1. The van der Waals surface area contributed by atoms with Gasteiger partial charge in [-0.1, -0.05) is 30.3 Å². The molecule has 4 rings (SSSR count). The first-order valence-electron chi connectivity index (χ1n) is 9.49. The second-order valence-electron chi connectivity index (χ2n) is 7.36. The van der Waals surface area contributed by atoms with E-state index in [0.717, 1.165) is 25.2 Å². The van der Waals surface area contributed by atoms with Gasteiger partial charge in [-0.15, -0.1) is 0 Å². The van der Waals surface area contributed by atoms with Gasteiger partial charge in [0.25, 0.3) is 0 Å². The van der Waals surface area contributed by atoms with E-state index in [-0.39, 0.29) is 24.2 Å². The minimum absolute atomic E-state index is 0.00515. The summed E-state index contributed by atoms with van der Waals surface area (Å²) in [6, 6.07) is 10.7. The van der Waals surface area contributed by atoms with Crippen LogP contribution >= 0.6 is 0 Å². The maximum Gasteiger partial charge on any atom is 0.317 e. The summed E-state index contributed by atoms with van der Waals surface area (Å²) < 4.78 is 2.13. The number of aliphatic hydroxyl groups is 1. The van der Waals surface area contributed by atoms with E-state index in [1.807, 2.05) is 35.5 Å². The number of imidazole rings is 1. The fourth-order valence-electron chi connectivity index (χ4n) is 4.34. The highest BCUT2D eigenvalue weighted by Crippen LogP contribution is 2.35. The van der Waals surface area contributed by atoms with E-state index in [1.165, 1.54) is 5.56 Å². The Morgan fingerprint density at radius 1 is 1.19 bits per heavy atom. The zero-order valence-corrected chi connectivity index (χ0v) is 14.9. The van der Waals surface area contributed by atoms with Crippen LogP contribution in [0.1, 0.15) is 37.1 Å². The molecule has 3 heterocycles. The standard InChI is InChI=1S/C20H26N4O2/c25-18-12-16-6-7-17(13-18)24(16)20(26)22-9-8-19-21-10-11-23(19)14-15-4-2-1-3-5-15/h1-5,10-11,16-18,25H,6-9,12-14H2,(H,22,26)/t16-,17-/m0/s1. The maximum atomic E-state index is 12.6. The van der Waals surface area contributed by atoms with Gasteiger partial charge in [-0.2, -0.15) is 0 Å². The first kappa shape index (κ1) is 17.1. The lowest BCUT2D eigenvalue weighted by molar-refractivity contribution is 0.0543. The van der Waals surface area contributed by atoms with Gasteiger partial charge in [0.1, 0.15) is 5.82 Å². The summed E-state index contributed by atoms with van der Waals surface area (Å²) in [5.74, 6) is 0.978. The van der Waals surface area contributed by atoms with Crippen LogP contribution in [0.3, 0.4) is 0 Å². The fraction of sp³-hybridized carbons (Fsp3) is 0.500. The first-order valence-corrected chi connectivity index (χ1v) is 9.49. The van der Waals surface area contributed by atoms with Crippen molar-refractivity contribution in [2.45, 2.75) is 56.8 Å². The van der Waals surface area contributed by atoms with Crippen LogP contribution < -0.4 is 5.32 Å². The molecule has 1 aromatic heterocycles. The van der Waals surface area contributed by atoms with E-state index in [9.17, 15) is 9.90 Å². The number of aliphatic hydroxyl groups excluding tert-OH is 1. The van der Waals surface area contributed by atoms with Gasteiger partial charge >= 0.3 is 6.03 Å². The molecular weight excluding hydrogens is 328 g/mol. The molecule has 0 aliphatic carbocycles. The van der Waals surface area contributed by atoms with E-state index in [2.05, 4.69) is 27.0 Å². The number of rotatable bonds is 5. The highest BCUT2D eigenvalue weighted by atomic mass is 16.3. The van der Waals surface area contributed by atoms with Crippen LogP contribution in [0, 0.1) is 0 Å². The Bertz CT molecular complexity index is 731. The Morgan fingerprint density at radius 2 is 1.92 bits per heavy atom. The van der Waals surface area contributed by atoms with Crippen molar-refractivity contribution in [1.82, 2.24) is 19.8 Å². The predicted octanol–water partition coefficient (Wildman–Crippen LogP) is 2.17. The second-order valence-corrected chi connectivity index (χ2v) is 7.36. The lowest BCUT2D eigenvalue weighted by Crippen LogP contribution is -2.52. The van der Waals surface area contributed by atoms with E-state index >= 15 is 0 Å². The molecule has 0 saturated carbocycles. The third-order valence-electron chi connectivity index (χ3n) is 5.56. The Morgan fingerprint density at radius 3 is 2.65 bits per heavy atom. The molecule has 0 radical (unpaired) electrons. The average molecular weight is 354 g/mol. The lowest BCUT2D eigenvalue weighted by Gasteiger charge is -2.37. The Labute approximate surface area is 153 Å². The molecule has 0 unspecified atom stereocenters. The van der Waals surface area contributed by atoms with Crippen LogP contribution in [-0.2, 0) is 13.0 Å². The molecule has 0 spiro atoms. The van der Waals surface area contributed by atoms with Gasteiger partial charge in [0.15, 0.2) is 0 Å². The average Bonchev–Trinajstić information content (AvgIpc) is 3.18. The summed E-state index contributed by atoms with van der Waals surface area (Å²) in [5, 5.41) is 12.9. The van der Waals surface area contributed by atoms with Gasteiger partial charge in [-0.3, -0.25) is 0 Å². The monoisotopic (exact) mass is 354 g/mol. The van der Waals surface area contributed by atoms with Crippen molar-refractivity contribution in [3.05, 3.63) is 54.1 Å². The van der Waals surface area contributed by atoms with Gasteiger partial charge in [0.2, 0.25) is 0 Å². The van der Waals surface area contributed by atoms with Crippen LogP contribution in [0.2, 0.25) is 0 Å². The van der Waals surface area contributed by atoms with Crippen LogP contribution in [0.5, 0.6) is 0 Å². The van der Waals surface area contributed by atoms with Crippen LogP contribution in [0.25, 0.3) is 0 Å². The Balaban J connectivity index is 1.30. The van der Waals surface area contributed by atoms with Crippen LogP contribution in [0.15, 0.2) is 42.7 Å². The van der Waals surface area contributed by atoms with Gasteiger partial charge in [0.05, 0.1) is 6.10 Å². The number of hydrogen-bond donors (Lipinski definition) is 2. The number of amides is 2. The normalized spacial score (nSPS) is 24.7. The number of piperidine rings is 1. The topological polar surface area (TPSA) is 70.4 Å². The summed E-state index contributed by atoms with van der Waals surface area (Å²) >= 11 is 0. The van der Waals surface area contributed by atoms with Crippen molar-refractivity contribution in [2.24, 2.45) is 0 Å². The zero-order valence-electron chi connectivity index (χ0n) is 14.9. The largest absolute Gasteiger partial charge is 0.393 e. The molecule has 2 atom stereocenters. The van der Waals surface area contributed by atoms with Gasteiger partial charge < -0.3 is 19.9 Å². The Kier molecular flexibility index (Phi) is 4.93. The van der Waals surface area contributed by atoms with Gasteiger partial charge in [0, 0.05) is 44.0 Å². The molecule has 2 bridgehead atoms. The highest BCUT2D eigenvalue weighted by Gasteiger charge is 2.42. The number of urea groups is 1. The van der Waals surface area contributed by atoms with Crippen molar-refractivity contribution in [2.75, 3.05) is 6.54 Å². The first-order chi connectivity index (χ1) is 12.7. The molecule has 2 aromatic rings.